The Morgan fingerprint density at radius 2 is 1.88 bits per heavy atom. The van der Waals surface area contributed by atoms with Crippen LogP contribution in [0.1, 0.15) is 51.0 Å². The van der Waals surface area contributed by atoms with Gasteiger partial charge in [0.2, 0.25) is 0 Å². The molecule has 0 aromatic heterocycles. The Morgan fingerprint density at radius 1 is 1.23 bits per heavy atom. The van der Waals surface area contributed by atoms with Crippen LogP contribution in [0.2, 0.25) is 0 Å². The highest BCUT2D eigenvalue weighted by Crippen LogP contribution is 2.36. The van der Waals surface area contributed by atoms with Gasteiger partial charge in [-0.2, -0.15) is 0 Å². The molecule has 1 saturated heterocycles. The van der Waals surface area contributed by atoms with E-state index in [9.17, 15) is 10.1 Å². The zero-order valence-corrected chi connectivity index (χ0v) is 16.2. The van der Waals surface area contributed by atoms with E-state index >= 15 is 0 Å². The molecule has 0 bridgehead atoms. The van der Waals surface area contributed by atoms with Crippen molar-refractivity contribution >= 4 is 11.4 Å². The van der Waals surface area contributed by atoms with Gasteiger partial charge >= 0.3 is 0 Å². The predicted octanol–water partition coefficient (Wildman–Crippen LogP) is 4.13. The Kier molecular flexibility index (Phi) is 5.82. The van der Waals surface area contributed by atoms with Crippen molar-refractivity contribution in [2.45, 2.75) is 70.1 Å². The summed E-state index contributed by atoms with van der Waals surface area (Å²) in [5.74, 6) is 0. The molecule has 0 radical (unpaired) electrons. The molecule has 1 aliphatic heterocycles. The van der Waals surface area contributed by atoms with Gasteiger partial charge < -0.3 is 10.1 Å². The number of rotatable bonds is 5. The molecule has 0 amide bonds. The minimum absolute atomic E-state index is 0.169. The highest BCUT2D eigenvalue weighted by Gasteiger charge is 2.38. The van der Waals surface area contributed by atoms with Gasteiger partial charge in [-0.05, 0) is 64.0 Å². The molecule has 1 aromatic rings. The second-order valence-electron chi connectivity index (χ2n) is 8.12. The Hall–Kier alpha value is -1.66. The van der Waals surface area contributed by atoms with Crippen molar-refractivity contribution in [3.8, 4) is 0 Å². The first-order valence-electron chi connectivity index (χ1n) is 9.71. The number of likely N-dealkylation sites (tertiary alicyclic amines) is 1. The normalized spacial score (nSPS) is 28.0. The maximum absolute atomic E-state index is 11.3. The van der Waals surface area contributed by atoms with Crippen molar-refractivity contribution in [1.82, 2.24) is 4.90 Å². The minimum Gasteiger partial charge on any atom is -0.381 e. The molecule has 0 atom stereocenters. The van der Waals surface area contributed by atoms with E-state index in [-0.39, 0.29) is 16.1 Å². The van der Waals surface area contributed by atoms with Crippen molar-refractivity contribution < 1.29 is 9.66 Å². The summed E-state index contributed by atoms with van der Waals surface area (Å²) in [6, 6.07) is 5.58. The number of nitro groups is 1. The predicted molar refractivity (Wildman–Crippen MR) is 104 cm³/mol. The lowest BCUT2D eigenvalue weighted by Crippen LogP contribution is -2.53. The number of nitrogens with zero attached hydrogens (tertiary/aromatic N) is 2. The standard InChI is InChI=1S/C20H31N3O3/c1-15-4-5-19(23(24)25)18(14-15)21-16-8-12-22(13-9-16)20(2)10-6-17(26-3)7-11-20/h4-5,14,16-17,21H,6-13H2,1-3H3. The average Bonchev–Trinajstić information content (AvgIpc) is 2.63. The van der Waals surface area contributed by atoms with Gasteiger partial charge in [-0.25, -0.2) is 0 Å². The van der Waals surface area contributed by atoms with Crippen LogP contribution in [0.3, 0.4) is 0 Å². The minimum atomic E-state index is -0.299. The van der Waals surface area contributed by atoms with Crippen LogP contribution in [0.15, 0.2) is 18.2 Å². The van der Waals surface area contributed by atoms with Gasteiger partial charge in [-0.3, -0.25) is 15.0 Å². The van der Waals surface area contributed by atoms with Crippen LogP contribution < -0.4 is 5.32 Å². The van der Waals surface area contributed by atoms with Gasteiger partial charge in [-0.15, -0.1) is 0 Å². The number of nitrogens with one attached hydrogen (secondary N) is 1. The Morgan fingerprint density at radius 3 is 2.46 bits per heavy atom. The molecule has 1 heterocycles. The second kappa shape index (κ2) is 7.92. The van der Waals surface area contributed by atoms with Gasteiger partial charge in [0.05, 0.1) is 11.0 Å². The smallest absolute Gasteiger partial charge is 0.292 e. The average molecular weight is 361 g/mol. The first kappa shape index (κ1) is 19.1. The number of ether oxygens (including phenoxy) is 1. The molecule has 0 spiro atoms. The highest BCUT2D eigenvalue weighted by molar-refractivity contribution is 5.63. The number of anilines is 1. The zero-order chi connectivity index (χ0) is 18.7. The van der Waals surface area contributed by atoms with Crippen LogP contribution in [-0.2, 0) is 4.74 Å². The number of hydrogen-bond acceptors (Lipinski definition) is 5. The molecule has 1 saturated carbocycles. The third kappa shape index (κ3) is 4.18. The SMILES string of the molecule is COC1CCC(C)(N2CCC(Nc3cc(C)ccc3[N+](=O)[O-])CC2)CC1. The topological polar surface area (TPSA) is 67.6 Å². The Bertz CT molecular complexity index is 633. The largest absolute Gasteiger partial charge is 0.381 e. The number of hydrogen-bond donors (Lipinski definition) is 1. The van der Waals surface area contributed by atoms with Gasteiger partial charge in [0, 0.05) is 37.8 Å². The quantitative estimate of drug-likeness (QED) is 0.631. The first-order valence-corrected chi connectivity index (χ1v) is 9.71. The Labute approximate surface area is 156 Å². The zero-order valence-electron chi connectivity index (χ0n) is 16.2. The fourth-order valence-corrected chi connectivity index (χ4v) is 4.47. The van der Waals surface area contributed by atoms with Gasteiger partial charge in [-0.1, -0.05) is 6.07 Å². The van der Waals surface area contributed by atoms with Crippen LogP contribution in [0.4, 0.5) is 11.4 Å². The third-order valence-corrected chi connectivity index (χ3v) is 6.31. The van der Waals surface area contributed by atoms with E-state index in [1.165, 1.54) is 12.8 Å². The number of nitro benzene ring substituents is 1. The summed E-state index contributed by atoms with van der Waals surface area (Å²) in [6.07, 6.45) is 7.12. The van der Waals surface area contributed by atoms with Gasteiger partial charge in [0.15, 0.2) is 0 Å². The first-order chi connectivity index (χ1) is 12.4. The van der Waals surface area contributed by atoms with E-state index < -0.39 is 0 Å². The van der Waals surface area contributed by atoms with Crippen LogP contribution in [0.5, 0.6) is 0 Å². The number of aryl methyl sites for hydroxylation is 1. The molecule has 3 rings (SSSR count). The summed E-state index contributed by atoms with van der Waals surface area (Å²) < 4.78 is 5.51. The van der Waals surface area contributed by atoms with E-state index in [1.54, 1.807) is 12.1 Å². The number of methoxy groups -OCH3 is 1. The van der Waals surface area contributed by atoms with Crippen molar-refractivity contribution in [1.29, 1.82) is 0 Å². The van der Waals surface area contributed by atoms with Crippen LogP contribution >= 0.6 is 0 Å². The van der Waals surface area contributed by atoms with E-state index in [1.807, 2.05) is 20.1 Å². The van der Waals surface area contributed by atoms with Crippen LogP contribution in [0.25, 0.3) is 0 Å². The molecule has 2 fully saturated rings. The van der Waals surface area contributed by atoms with Crippen molar-refractivity contribution in [3.05, 3.63) is 33.9 Å². The lowest BCUT2D eigenvalue weighted by molar-refractivity contribution is -0.384. The summed E-state index contributed by atoms with van der Waals surface area (Å²) >= 11 is 0. The summed E-state index contributed by atoms with van der Waals surface area (Å²) in [5.41, 5.74) is 2.14. The van der Waals surface area contributed by atoms with E-state index in [0.717, 1.165) is 44.3 Å². The summed E-state index contributed by atoms with van der Waals surface area (Å²) in [7, 11) is 1.81. The Balaban J connectivity index is 1.58. The maximum atomic E-state index is 11.3. The molecule has 1 aromatic carbocycles. The van der Waals surface area contributed by atoms with Crippen molar-refractivity contribution in [2.24, 2.45) is 0 Å². The lowest BCUT2D eigenvalue weighted by Gasteiger charge is -2.48. The van der Waals surface area contributed by atoms with Crippen molar-refractivity contribution in [2.75, 3.05) is 25.5 Å². The summed E-state index contributed by atoms with van der Waals surface area (Å²) in [6.45, 7) is 6.45. The molecule has 26 heavy (non-hydrogen) atoms. The molecular formula is C20H31N3O3. The summed E-state index contributed by atoms with van der Waals surface area (Å²) in [4.78, 5) is 13.6. The molecule has 1 aliphatic carbocycles. The van der Waals surface area contributed by atoms with Crippen LogP contribution in [0, 0.1) is 17.0 Å². The fraction of sp³-hybridized carbons (Fsp3) is 0.700. The van der Waals surface area contributed by atoms with Crippen LogP contribution in [-0.4, -0.2) is 47.7 Å². The highest BCUT2D eigenvalue weighted by atomic mass is 16.6. The molecular weight excluding hydrogens is 330 g/mol. The molecule has 0 unspecified atom stereocenters. The lowest BCUT2D eigenvalue weighted by atomic mass is 9.79. The van der Waals surface area contributed by atoms with Gasteiger partial charge in [0.1, 0.15) is 5.69 Å². The fourth-order valence-electron chi connectivity index (χ4n) is 4.47. The molecule has 1 N–H and O–H groups in total. The second-order valence-corrected chi connectivity index (χ2v) is 8.12. The maximum Gasteiger partial charge on any atom is 0.292 e. The van der Waals surface area contributed by atoms with E-state index in [2.05, 4.69) is 17.1 Å². The van der Waals surface area contributed by atoms with E-state index in [4.69, 9.17) is 4.74 Å². The summed E-state index contributed by atoms with van der Waals surface area (Å²) in [5, 5.41) is 14.7. The molecule has 6 nitrogen and oxygen atoms in total. The molecule has 2 aliphatic rings. The van der Waals surface area contributed by atoms with E-state index in [0.29, 0.717) is 17.8 Å². The van der Waals surface area contributed by atoms with Crippen molar-refractivity contribution in [3.63, 3.8) is 0 Å². The number of benzene rings is 1. The monoisotopic (exact) mass is 361 g/mol. The molecule has 144 valence electrons. The third-order valence-electron chi connectivity index (χ3n) is 6.31. The number of piperidine rings is 1. The van der Waals surface area contributed by atoms with Gasteiger partial charge in [0.25, 0.3) is 5.69 Å². The molecule has 6 heteroatoms.